The molecule has 0 aliphatic carbocycles. The molecule has 8 heteroatoms. The maximum atomic E-state index is 11.9. The summed E-state index contributed by atoms with van der Waals surface area (Å²) in [7, 11) is 0. The lowest BCUT2D eigenvalue weighted by molar-refractivity contribution is -0.139. The van der Waals surface area contributed by atoms with Crippen LogP contribution in [0, 0.1) is 13.8 Å². The highest BCUT2D eigenvalue weighted by atomic mass is 16.5. The van der Waals surface area contributed by atoms with Gasteiger partial charge in [0.25, 0.3) is 0 Å². The molecule has 0 spiro atoms. The van der Waals surface area contributed by atoms with Crippen LogP contribution in [0.5, 0.6) is 0 Å². The molecule has 0 atom stereocenters. The molecule has 0 bridgehead atoms. The van der Waals surface area contributed by atoms with Gasteiger partial charge in [-0.1, -0.05) is 86.5 Å². The van der Waals surface area contributed by atoms with Crippen molar-refractivity contribution in [2.24, 2.45) is 0 Å². The number of carbonyl (C=O) groups is 3. The number of esters is 3. The number of aryl methyl sites for hydroxylation is 2. The first kappa shape index (κ1) is 46.1. The van der Waals surface area contributed by atoms with Gasteiger partial charge in [-0.15, -0.1) is 0 Å². The van der Waals surface area contributed by atoms with Crippen molar-refractivity contribution in [3.05, 3.63) is 204 Å². The Balaban J connectivity index is 1.27. The van der Waals surface area contributed by atoms with Crippen LogP contribution in [-0.4, -0.2) is 37.7 Å². The van der Waals surface area contributed by atoms with Crippen LogP contribution >= 0.6 is 0 Å². The van der Waals surface area contributed by atoms with E-state index in [1.54, 1.807) is 20.8 Å². The molecule has 0 aliphatic heterocycles. The van der Waals surface area contributed by atoms with Gasteiger partial charge < -0.3 is 24.0 Å². The Morgan fingerprint density at radius 3 is 1.00 bits per heavy atom. The average Bonchev–Trinajstić information content (AvgIpc) is 3.29. The zero-order chi connectivity index (χ0) is 45.8. The second-order valence-corrected chi connectivity index (χ2v) is 16.0. The highest BCUT2D eigenvalue weighted by molar-refractivity contribution is 5.88. The van der Waals surface area contributed by atoms with Gasteiger partial charge in [0.15, 0.2) is 0 Å². The molecular formula is C56H56N2O6. The van der Waals surface area contributed by atoms with Crippen LogP contribution in [0.25, 0.3) is 11.1 Å². The molecule has 0 unspecified atom stereocenters. The van der Waals surface area contributed by atoms with E-state index in [2.05, 4.69) is 165 Å². The summed E-state index contributed by atoms with van der Waals surface area (Å²) in [5.74, 6) is -1.15. The van der Waals surface area contributed by atoms with Gasteiger partial charge in [-0.3, -0.25) is 0 Å². The molecule has 0 amide bonds. The van der Waals surface area contributed by atoms with Gasteiger partial charge in [-0.2, -0.15) is 0 Å². The first-order valence-corrected chi connectivity index (χ1v) is 21.4. The van der Waals surface area contributed by atoms with Crippen molar-refractivity contribution in [2.45, 2.75) is 53.9 Å². The molecule has 0 heterocycles. The highest BCUT2D eigenvalue weighted by Gasteiger charge is 2.19. The Morgan fingerprint density at radius 1 is 0.422 bits per heavy atom. The number of nitrogens with zero attached hydrogens (tertiary/aromatic N) is 2. The Labute approximate surface area is 377 Å². The predicted molar refractivity (Wildman–Crippen MR) is 259 cm³/mol. The number of hydrogen-bond donors (Lipinski definition) is 0. The molecule has 6 aromatic carbocycles. The van der Waals surface area contributed by atoms with Crippen molar-refractivity contribution in [2.75, 3.05) is 29.6 Å². The Hall–Kier alpha value is -7.45. The van der Waals surface area contributed by atoms with Crippen molar-refractivity contribution in [1.82, 2.24) is 0 Å². The first-order valence-electron chi connectivity index (χ1n) is 21.4. The van der Waals surface area contributed by atoms with Gasteiger partial charge in [0.2, 0.25) is 0 Å². The summed E-state index contributed by atoms with van der Waals surface area (Å²) in [4.78, 5) is 40.2. The fourth-order valence-corrected chi connectivity index (χ4v) is 7.19. The van der Waals surface area contributed by atoms with E-state index in [4.69, 9.17) is 14.2 Å². The maximum Gasteiger partial charge on any atom is 0.333 e. The number of para-hydroxylation sites is 1. The maximum absolute atomic E-state index is 11.9. The number of anilines is 6. The quantitative estimate of drug-likeness (QED) is 0.0452. The van der Waals surface area contributed by atoms with Crippen LogP contribution in [0.2, 0.25) is 0 Å². The molecule has 0 radical (unpaired) electrons. The lowest BCUT2D eigenvalue weighted by Crippen LogP contribution is -2.12. The Morgan fingerprint density at radius 2 is 0.719 bits per heavy atom. The summed E-state index contributed by atoms with van der Waals surface area (Å²) in [6.45, 7) is 21.0. The lowest BCUT2D eigenvalue weighted by Gasteiger charge is -2.28. The van der Waals surface area contributed by atoms with E-state index in [-0.39, 0.29) is 31.1 Å². The van der Waals surface area contributed by atoms with Gasteiger partial charge in [-0.25, -0.2) is 14.4 Å². The van der Waals surface area contributed by atoms with Crippen LogP contribution in [-0.2, 0) is 47.9 Å². The highest BCUT2D eigenvalue weighted by Crippen LogP contribution is 2.41. The fraction of sp³-hybridized carbons (Fsp3) is 0.196. The van der Waals surface area contributed by atoms with E-state index < -0.39 is 0 Å². The topological polar surface area (TPSA) is 85.4 Å². The van der Waals surface area contributed by atoms with Crippen LogP contribution in [0.1, 0.15) is 48.6 Å². The smallest absolute Gasteiger partial charge is 0.333 e. The molecule has 0 saturated carbocycles. The lowest BCUT2D eigenvalue weighted by atomic mass is 9.98. The largest absolute Gasteiger partial charge is 0.462 e. The minimum absolute atomic E-state index is 0.272. The summed E-state index contributed by atoms with van der Waals surface area (Å²) in [6, 6.07) is 48.4. The Bertz CT molecular complexity index is 2550. The second-order valence-electron chi connectivity index (χ2n) is 16.0. The summed E-state index contributed by atoms with van der Waals surface area (Å²) < 4.78 is 16.0. The minimum atomic E-state index is -0.389. The van der Waals surface area contributed by atoms with Crippen LogP contribution in [0.4, 0.5) is 34.1 Å². The average molecular weight is 853 g/mol. The Kier molecular flexibility index (Phi) is 15.5. The molecule has 0 aromatic heterocycles. The van der Waals surface area contributed by atoms with Crippen LogP contribution < -0.4 is 9.80 Å². The van der Waals surface area contributed by atoms with Crippen molar-refractivity contribution in [3.63, 3.8) is 0 Å². The van der Waals surface area contributed by atoms with Crippen molar-refractivity contribution >= 4 is 52.0 Å². The molecule has 0 saturated heterocycles. The normalized spacial score (nSPS) is 10.7. The van der Waals surface area contributed by atoms with E-state index in [1.807, 2.05) is 18.2 Å². The first-order chi connectivity index (χ1) is 30.8. The third-order valence-corrected chi connectivity index (χ3v) is 10.7. The second kappa shape index (κ2) is 21.6. The van der Waals surface area contributed by atoms with Crippen molar-refractivity contribution in [3.8, 4) is 11.1 Å². The summed E-state index contributed by atoms with van der Waals surface area (Å²) in [5, 5.41) is 0. The molecule has 0 aliphatic rings. The number of benzene rings is 6. The standard InChI is InChI=1S/C56H56N2O6/c1-38(2)54(59)62-33-30-43-14-22-49(23-15-43)57(48-12-10-9-11-13-48)52-28-20-46(36-41(52)7)47-21-29-53(42(8)37-47)58(50-24-16-44(17-25-50)31-34-63-55(60)39(3)4)51-26-18-45(19-27-51)32-35-64-56(61)40(5)6/h9-29,36-37H,1,3,5,30-35H2,2,4,6-8H3. The van der Waals surface area contributed by atoms with Crippen LogP contribution in [0.3, 0.4) is 0 Å². The third kappa shape index (κ3) is 11.9. The van der Waals surface area contributed by atoms with Gasteiger partial charge >= 0.3 is 17.9 Å². The number of hydrogen-bond acceptors (Lipinski definition) is 8. The summed E-state index contributed by atoms with van der Waals surface area (Å²) in [5.41, 5.74) is 14.8. The van der Waals surface area contributed by atoms with Gasteiger partial charge in [0.05, 0.1) is 19.8 Å². The van der Waals surface area contributed by atoms with E-state index in [1.165, 1.54) is 0 Å². The predicted octanol–water partition coefficient (Wildman–Crippen LogP) is 12.9. The fourth-order valence-electron chi connectivity index (χ4n) is 7.19. The molecular weight excluding hydrogens is 797 g/mol. The molecule has 8 nitrogen and oxygen atoms in total. The van der Waals surface area contributed by atoms with Crippen molar-refractivity contribution < 1.29 is 28.6 Å². The number of ether oxygens (including phenoxy) is 3. The summed E-state index contributed by atoms with van der Waals surface area (Å²) in [6.07, 6.45) is 1.78. The molecule has 6 aromatic rings. The molecule has 0 N–H and O–H groups in total. The van der Waals surface area contributed by atoms with E-state index >= 15 is 0 Å². The van der Waals surface area contributed by atoms with Crippen molar-refractivity contribution in [1.29, 1.82) is 0 Å². The van der Waals surface area contributed by atoms with Crippen LogP contribution in [0.15, 0.2) is 176 Å². The molecule has 326 valence electrons. The SMILES string of the molecule is C=C(C)C(=O)OCCc1ccc(N(c2ccccc2)c2ccc(-c3ccc(N(c4ccc(CCOC(=O)C(=C)C)cc4)c4ccc(CCOC(=O)C(=C)C)cc4)c(C)c3)cc2C)cc1. The summed E-state index contributed by atoms with van der Waals surface area (Å²) >= 11 is 0. The van der Waals surface area contributed by atoms with Gasteiger partial charge in [-0.05, 0) is 146 Å². The number of rotatable bonds is 19. The van der Waals surface area contributed by atoms with Gasteiger partial charge in [0.1, 0.15) is 0 Å². The molecule has 0 fully saturated rings. The number of carbonyl (C=O) groups excluding carboxylic acids is 3. The third-order valence-electron chi connectivity index (χ3n) is 10.7. The van der Waals surface area contributed by atoms with E-state index in [0.29, 0.717) is 42.6 Å². The molecule has 6 rings (SSSR count). The van der Waals surface area contributed by atoms with E-state index in [0.717, 1.165) is 73.1 Å². The zero-order valence-electron chi connectivity index (χ0n) is 37.5. The van der Waals surface area contributed by atoms with E-state index in [9.17, 15) is 14.4 Å². The minimum Gasteiger partial charge on any atom is -0.462 e. The zero-order valence-corrected chi connectivity index (χ0v) is 37.5. The molecule has 64 heavy (non-hydrogen) atoms. The van der Waals surface area contributed by atoms with Gasteiger partial charge in [0, 0.05) is 70.1 Å². The monoisotopic (exact) mass is 852 g/mol.